The Bertz CT molecular complexity index is 505. The second kappa shape index (κ2) is 6.27. The number of benzene rings is 1. The van der Waals surface area contributed by atoms with E-state index in [0.717, 1.165) is 11.4 Å². The van der Waals surface area contributed by atoms with Crippen LogP contribution in [0.5, 0.6) is 0 Å². The predicted molar refractivity (Wildman–Crippen MR) is 78.3 cm³/mol. The Morgan fingerprint density at radius 1 is 1.28 bits per heavy atom. The van der Waals surface area contributed by atoms with Crippen molar-refractivity contribution >= 4 is 22.1 Å². The molecule has 2 rings (SSSR count). The Balaban J connectivity index is 1.92. The van der Waals surface area contributed by atoms with Crippen molar-refractivity contribution in [3.05, 3.63) is 52.2 Å². The van der Waals surface area contributed by atoms with Crippen LogP contribution in [0.25, 0.3) is 0 Å². The topological polar surface area (TPSA) is 29.1 Å². The first-order valence-electron chi connectivity index (χ1n) is 5.84. The second-order valence-corrected chi connectivity index (χ2v) is 6.42. The van der Waals surface area contributed by atoms with Crippen LogP contribution in [-0.2, 0) is 17.3 Å². The maximum atomic E-state index is 11.3. The molecule has 1 aromatic carbocycles. The molecule has 0 saturated heterocycles. The third kappa shape index (κ3) is 3.51. The minimum Gasteiger partial charge on any atom is -0.306 e. The van der Waals surface area contributed by atoms with Crippen molar-refractivity contribution < 1.29 is 4.21 Å². The van der Waals surface area contributed by atoms with Crippen molar-refractivity contribution in [3.8, 4) is 0 Å². The van der Waals surface area contributed by atoms with E-state index in [-0.39, 0.29) is 0 Å². The fourth-order valence-electron chi connectivity index (χ4n) is 1.71. The highest BCUT2D eigenvalue weighted by Gasteiger charge is 2.05. The first kappa shape index (κ1) is 13.5. The van der Waals surface area contributed by atoms with E-state index in [9.17, 15) is 4.21 Å². The van der Waals surface area contributed by atoms with Gasteiger partial charge in [0.05, 0.1) is 0 Å². The van der Waals surface area contributed by atoms with Crippen LogP contribution in [-0.4, -0.2) is 10.5 Å². The van der Waals surface area contributed by atoms with E-state index >= 15 is 0 Å². The molecule has 0 aliphatic rings. The molecule has 1 heterocycles. The first-order valence-corrected chi connectivity index (χ1v) is 8.35. The summed E-state index contributed by atoms with van der Waals surface area (Å²) >= 11 is 1.72. The molecule has 0 aliphatic heterocycles. The monoisotopic (exact) mass is 279 g/mol. The number of thiophene rings is 1. The van der Waals surface area contributed by atoms with Crippen LogP contribution in [0.1, 0.15) is 24.1 Å². The summed E-state index contributed by atoms with van der Waals surface area (Å²) in [4.78, 5) is 0.879. The van der Waals surface area contributed by atoms with E-state index in [0.29, 0.717) is 6.04 Å². The van der Waals surface area contributed by atoms with Crippen molar-refractivity contribution in [1.29, 1.82) is 0 Å². The summed E-state index contributed by atoms with van der Waals surface area (Å²) in [7, 11) is -0.893. The molecule has 0 bridgehead atoms. The number of hydrogen-bond donors (Lipinski definition) is 1. The van der Waals surface area contributed by atoms with Crippen LogP contribution in [0, 0.1) is 0 Å². The summed E-state index contributed by atoms with van der Waals surface area (Å²) in [6.45, 7) is 2.99. The summed E-state index contributed by atoms with van der Waals surface area (Å²) in [5.41, 5.74) is 2.54. The van der Waals surface area contributed by atoms with E-state index in [2.05, 4.69) is 29.1 Å². The van der Waals surface area contributed by atoms with E-state index in [4.69, 9.17) is 0 Å². The zero-order chi connectivity index (χ0) is 13.0. The van der Waals surface area contributed by atoms with Crippen LogP contribution < -0.4 is 5.32 Å². The van der Waals surface area contributed by atoms with Gasteiger partial charge in [-0.3, -0.25) is 4.21 Å². The van der Waals surface area contributed by atoms with Crippen molar-refractivity contribution in [2.24, 2.45) is 0 Å². The summed E-state index contributed by atoms with van der Waals surface area (Å²) in [6, 6.07) is 10.4. The number of hydrogen-bond acceptors (Lipinski definition) is 3. The van der Waals surface area contributed by atoms with Crippen molar-refractivity contribution in [2.75, 3.05) is 6.26 Å². The van der Waals surface area contributed by atoms with Gasteiger partial charge in [-0.05, 0) is 47.0 Å². The predicted octanol–water partition coefficient (Wildman–Crippen LogP) is 3.34. The normalized spacial score (nSPS) is 14.3. The highest BCUT2D eigenvalue weighted by molar-refractivity contribution is 7.84. The van der Waals surface area contributed by atoms with Gasteiger partial charge in [-0.1, -0.05) is 12.1 Å². The lowest BCUT2D eigenvalue weighted by Gasteiger charge is -2.12. The van der Waals surface area contributed by atoms with Gasteiger partial charge in [-0.2, -0.15) is 11.3 Å². The number of rotatable bonds is 5. The lowest BCUT2D eigenvalue weighted by molar-refractivity contribution is 0.576. The average Bonchev–Trinajstić information content (AvgIpc) is 2.90. The molecule has 0 aliphatic carbocycles. The molecule has 2 aromatic rings. The molecule has 1 aromatic heterocycles. The molecular weight excluding hydrogens is 262 g/mol. The minimum absolute atomic E-state index is 0.358. The van der Waals surface area contributed by atoms with Gasteiger partial charge < -0.3 is 5.32 Å². The van der Waals surface area contributed by atoms with E-state index in [1.54, 1.807) is 17.6 Å². The molecule has 0 unspecified atom stereocenters. The second-order valence-electron chi connectivity index (χ2n) is 4.26. The zero-order valence-corrected chi connectivity index (χ0v) is 12.2. The molecule has 2 atom stereocenters. The van der Waals surface area contributed by atoms with Gasteiger partial charge >= 0.3 is 0 Å². The van der Waals surface area contributed by atoms with Gasteiger partial charge in [-0.25, -0.2) is 0 Å². The zero-order valence-electron chi connectivity index (χ0n) is 10.6. The summed E-state index contributed by atoms with van der Waals surface area (Å²) in [6.07, 6.45) is 1.70. The Labute approximate surface area is 115 Å². The van der Waals surface area contributed by atoms with Crippen molar-refractivity contribution in [1.82, 2.24) is 5.32 Å². The van der Waals surface area contributed by atoms with Crippen molar-refractivity contribution in [2.45, 2.75) is 24.4 Å². The lowest BCUT2D eigenvalue weighted by Crippen LogP contribution is -2.17. The van der Waals surface area contributed by atoms with E-state index in [1.165, 1.54) is 11.1 Å². The molecule has 0 amide bonds. The Morgan fingerprint density at radius 3 is 2.56 bits per heavy atom. The van der Waals surface area contributed by atoms with Gasteiger partial charge in [0, 0.05) is 34.5 Å². The van der Waals surface area contributed by atoms with Gasteiger partial charge in [0.2, 0.25) is 0 Å². The summed E-state index contributed by atoms with van der Waals surface area (Å²) < 4.78 is 11.3. The molecular formula is C14H17NOS2. The molecule has 18 heavy (non-hydrogen) atoms. The standard InChI is InChI=1S/C14H17NOS2/c1-11(13-7-8-17-10-13)15-9-12-3-5-14(6-4-12)18(2)16/h3-8,10-11,15H,9H2,1-2H3/t11-,18-/m1/s1. The van der Waals surface area contributed by atoms with Crippen LogP contribution in [0.3, 0.4) is 0 Å². The minimum atomic E-state index is -0.893. The van der Waals surface area contributed by atoms with Crippen LogP contribution in [0.15, 0.2) is 46.0 Å². The van der Waals surface area contributed by atoms with Crippen LogP contribution in [0.4, 0.5) is 0 Å². The maximum absolute atomic E-state index is 11.3. The Morgan fingerprint density at radius 2 is 2.00 bits per heavy atom. The fraction of sp³-hybridized carbons (Fsp3) is 0.286. The number of nitrogens with one attached hydrogen (secondary N) is 1. The van der Waals surface area contributed by atoms with E-state index in [1.807, 2.05) is 24.3 Å². The molecule has 2 nitrogen and oxygen atoms in total. The summed E-state index contributed by atoms with van der Waals surface area (Å²) in [5.74, 6) is 0. The largest absolute Gasteiger partial charge is 0.306 e. The molecule has 4 heteroatoms. The Hall–Kier alpha value is -0.970. The lowest BCUT2D eigenvalue weighted by atomic mass is 10.1. The van der Waals surface area contributed by atoms with Gasteiger partial charge in [0.15, 0.2) is 0 Å². The van der Waals surface area contributed by atoms with Crippen LogP contribution >= 0.6 is 11.3 Å². The van der Waals surface area contributed by atoms with E-state index < -0.39 is 10.8 Å². The quantitative estimate of drug-likeness (QED) is 0.909. The van der Waals surface area contributed by atoms with Crippen molar-refractivity contribution in [3.63, 3.8) is 0 Å². The highest BCUT2D eigenvalue weighted by atomic mass is 32.2. The third-order valence-corrected chi connectivity index (χ3v) is 4.55. The van der Waals surface area contributed by atoms with Crippen LogP contribution in [0.2, 0.25) is 0 Å². The molecule has 1 N–H and O–H groups in total. The summed E-state index contributed by atoms with van der Waals surface area (Å²) in [5, 5.41) is 7.74. The third-order valence-electron chi connectivity index (χ3n) is 2.91. The maximum Gasteiger partial charge on any atom is 0.0498 e. The molecule has 0 saturated carbocycles. The Kier molecular flexibility index (Phi) is 4.69. The smallest absolute Gasteiger partial charge is 0.0498 e. The SMILES string of the molecule is C[C@@H](NCc1ccc([S@@](C)=O)cc1)c1ccsc1. The highest BCUT2D eigenvalue weighted by Crippen LogP contribution is 2.16. The van der Waals surface area contributed by atoms with Gasteiger partial charge in [0.1, 0.15) is 0 Å². The molecule has 0 radical (unpaired) electrons. The first-order chi connectivity index (χ1) is 8.66. The fourth-order valence-corrected chi connectivity index (χ4v) is 2.98. The van der Waals surface area contributed by atoms with Gasteiger partial charge in [-0.15, -0.1) is 0 Å². The van der Waals surface area contributed by atoms with Gasteiger partial charge in [0.25, 0.3) is 0 Å². The molecule has 96 valence electrons. The molecule has 0 spiro atoms. The molecule has 0 fully saturated rings. The average molecular weight is 279 g/mol.